The summed E-state index contributed by atoms with van der Waals surface area (Å²) >= 11 is 0. The van der Waals surface area contributed by atoms with Crippen LogP contribution in [0.15, 0.2) is 39.5 Å². The van der Waals surface area contributed by atoms with Gasteiger partial charge in [-0.25, -0.2) is 0 Å². The molecule has 0 fully saturated rings. The van der Waals surface area contributed by atoms with Gasteiger partial charge in [-0.1, -0.05) is 0 Å². The van der Waals surface area contributed by atoms with E-state index in [1.807, 2.05) is 0 Å². The van der Waals surface area contributed by atoms with E-state index in [1.54, 1.807) is 31.4 Å². The second-order valence-electron chi connectivity index (χ2n) is 6.21. The Hall–Kier alpha value is -4.41. The number of rotatable bonds is 4. The molecule has 0 aliphatic carbocycles. The van der Waals surface area contributed by atoms with Crippen LogP contribution in [0, 0.1) is 0 Å². The van der Waals surface area contributed by atoms with Gasteiger partial charge in [0.15, 0.2) is 17.1 Å². The molecule has 2 aromatic carbocycles. The first-order valence-corrected chi connectivity index (χ1v) is 9.15. The lowest BCUT2D eigenvalue weighted by molar-refractivity contribution is -0.135. The minimum absolute atomic E-state index is 0.0534. The monoisotopic (exact) mass is 464 g/mol. The summed E-state index contributed by atoms with van der Waals surface area (Å²) in [5.74, 6) is -1.78. The van der Waals surface area contributed by atoms with Crippen LogP contribution >= 0.6 is 0 Å². The fraction of sp³-hybridized carbons (Fsp3) is 0.227. The zero-order valence-corrected chi connectivity index (χ0v) is 18.5. The van der Waals surface area contributed by atoms with Crippen molar-refractivity contribution >= 4 is 22.9 Å². The van der Waals surface area contributed by atoms with Crippen LogP contribution in [0.3, 0.4) is 0 Å². The van der Waals surface area contributed by atoms with Crippen LogP contribution in [0.4, 0.5) is 0 Å². The minimum atomic E-state index is -0.833. The predicted octanol–water partition coefficient (Wildman–Crippen LogP) is 3.08. The second-order valence-corrected chi connectivity index (χ2v) is 6.21. The Morgan fingerprint density at radius 3 is 1.73 bits per heavy atom. The lowest BCUT2D eigenvalue weighted by atomic mass is 10.1. The summed E-state index contributed by atoms with van der Waals surface area (Å²) in [4.78, 5) is 30.8. The molecule has 0 atom stereocenters. The molecule has 1 heterocycles. The lowest BCUT2D eigenvalue weighted by Gasteiger charge is -2.13. The first kappa shape index (κ1) is 26.6. The number of carboxylic acid groups (broad SMARTS) is 2. The zero-order chi connectivity index (χ0) is 25.3. The summed E-state index contributed by atoms with van der Waals surface area (Å²) in [6, 6.07) is 7.82. The summed E-state index contributed by atoms with van der Waals surface area (Å²) in [6.45, 7) is 2.17. The van der Waals surface area contributed by atoms with Crippen LogP contribution < -0.4 is 19.6 Å². The fourth-order valence-electron chi connectivity index (χ4n) is 2.61. The number of ether oxygens (including phenoxy) is 3. The molecule has 3 aromatic rings. The van der Waals surface area contributed by atoms with Gasteiger partial charge in [-0.3, -0.25) is 14.4 Å². The molecule has 0 saturated carbocycles. The Balaban J connectivity index is 0.000000591. The maximum Gasteiger partial charge on any atom is 0.300 e. The SMILES string of the molecule is CC(=O)O.CC(=O)O.COc1ccc(-c2oc3c(OC)c(O)cc(O)c3c(=O)c2OC)cc1. The highest BCUT2D eigenvalue weighted by Gasteiger charge is 2.24. The number of hydrogen-bond donors (Lipinski definition) is 4. The van der Waals surface area contributed by atoms with Crippen molar-refractivity contribution in [2.24, 2.45) is 0 Å². The first-order chi connectivity index (χ1) is 15.5. The smallest absolute Gasteiger partial charge is 0.300 e. The molecule has 1 aromatic heterocycles. The standard InChI is InChI=1S/C18H16O7.2C2H4O2/c1-22-10-6-4-9(5-7-10)15-18(24-3)14(21)13-11(19)8-12(20)16(23-2)17(13)25-15;2*1-2(3)4/h4-8,19-20H,1-3H3;2*1H3,(H,3,4). The Bertz CT molecular complexity index is 1160. The Morgan fingerprint density at radius 2 is 1.30 bits per heavy atom. The number of methoxy groups -OCH3 is 3. The van der Waals surface area contributed by atoms with Gasteiger partial charge >= 0.3 is 0 Å². The highest BCUT2D eigenvalue weighted by atomic mass is 16.5. The molecule has 11 nitrogen and oxygen atoms in total. The third kappa shape index (κ3) is 6.79. The van der Waals surface area contributed by atoms with Crippen LogP contribution in [0.5, 0.6) is 28.7 Å². The van der Waals surface area contributed by atoms with Crippen LogP contribution in [0.25, 0.3) is 22.3 Å². The highest BCUT2D eigenvalue weighted by Crippen LogP contribution is 2.42. The van der Waals surface area contributed by atoms with Gasteiger partial charge in [0.05, 0.1) is 21.3 Å². The average Bonchev–Trinajstić information content (AvgIpc) is 2.72. The van der Waals surface area contributed by atoms with Gasteiger partial charge in [-0.2, -0.15) is 0 Å². The number of fused-ring (bicyclic) bond motifs is 1. The number of benzene rings is 2. The van der Waals surface area contributed by atoms with Gasteiger partial charge in [0, 0.05) is 25.5 Å². The number of phenols is 2. The van der Waals surface area contributed by atoms with E-state index in [0.29, 0.717) is 11.3 Å². The minimum Gasteiger partial charge on any atom is -0.507 e. The van der Waals surface area contributed by atoms with Crippen molar-refractivity contribution in [2.45, 2.75) is 13.8 Å². The molecule has 11 heteroatoms. The van der Waals surface area contributed by atoms with Crippen molar-refractivity contribution < 1.29 is 48.6 Å². The Morgan fingerprint density at radius 1 is 0.818 bits per heavy atom. The normalized spacial score (nSPS) is 9.61. The fourth-order valence-corrected chi connectivity index (χ4v) is 2.61. The van der Waals surface area contributed by atoms with Gasteiger partial charge in [0.25, 0.3) is 11.9 Å². The quantitative estimate of drug-likeness (QED) is 0.447. The average molecular weight is 464 g/mol. The molecule has 178 valence electrons. The van der Waals surface area contributed by atoms with Gasteiger partial charge < -0.3 is 39.1 Å². The van der Waals surface area contributed by atoms with Crippen molar-refractivity contribution in [1.29, 1.82) is 0 Å². The largest absolute Gasteiger partial charge is 0.507 e. The first-order valence-electron chi connectivity index (χ1n) is 9.15. The third-order valence-corrected chi connectivity index (χ3v) is 3.80. The predicted molar refractivity (Wildman–Crippen MR) is 118 cm³/mol. The molecule has 0 radical (unpaired) electrons. The number of aliphatic carboxylic acids is 2. The van der Waals surface area contributed by atoms with Crippen LogP contribution in [-0.2, 0) is 9.59 Å². The van der Waals surface area contributed by atoms with Gasteiger partial charge in [0.2, 0.25) is 16.9 Å². The van der Waals surface area contributed by atoms with Crippen molar-refractivity contribution in [1.82, 2.24) is 0 Å². The molecule has 33 heavy (non-hydrogen) atoms. The van der Waals surface area contributed by atoms with Crippen molar-refractivity contribution in [3.8, 4) is 40.1 Å². The summed E-state index contributed by atoms with van der Waals surface area (Å²) in [6.07, 6.45) is 0. The van der Waals surface area contributed by atoms with E-state index < -0.39 is 23.1 Å². The summed E-state index contributed by atoms with van der Waals surface area (Å²) in [5.41, 5.74) is -0.0940. The van der Waals surface area contributed by atoms with Gasteiger partial charge in [-0.05, 0) is 24.3 Å². The number of carbonyl (C=O) groups is 2. The van der Waals surface area contributed by atoms with E-state index in [0.717, 1.165) is 19.9 Å². The molecule has 0 unspecified atom stereocenters. The van der Waals surface area contributed by atoms with Crippen molar-refractivity contribution in [2.75, 3.05) is 21.3 Å². The number of carboxylic acids is 2. The molecule has 0 amide bonds. The Kier molecular flexibility index (Phi) is 9.55. The molecule has 0 aliphatic rings. The summed E-state index contributed by atoms with van der Waals surface area (Å²) in [7, 11) is 4.20. The van der Waals surface area contributed by atoms with Crippen LogP contribution in [-0.4, -0.2) is 53.7 Å². The maximum absolute atomic E-state index is 12.8. The van der Waals surface area contributed by atoms with Crippen LogP contribution in [0.2, 0.25) is 0 Å². The third-order valence-electron chi connectivity index (χ3n) is 3.80. The Labute approximate surface area is 188 Å². The molecule has 3 rings (SSSR count). The number of aromatic hydroxyl groups is 2. The maximum atomic E-state index is 12.8. The molecular weight excluding hydrogens is 440 g/mol. The molecule has 0 bridgehead atoms. The van der Waals surface area contributed by atoms with Gasteiger partial charge in [-0.15, -0.1) is 0 Å². The van der Waals surface area contributed by atoms with Crippen molar-refractivity contribution in [3.63, 3.8) is 0 Å². The molecule has 0 saturated heterocycles. The van der Waals surface area contributed by atoms with Crippen molar-refractivity contribution in [3.05, 3.63) is 40.6 Å². The number of phenolic OH excluding ortho intramolecular Hbond substituents is 2. The molecule has 4 N–H and O–H groups in total. The topological polar surface area (TPSA) is 173 Å². The van der Waals surface area contributed by atoms with E-state index in [1.165, 1.54) is 14.2 Å². The lowest BCUT2D eigenvalue weighted by Crippen LogP contribution is -2.08. The molecule has 0 aliphatic heterocycles. The second kappa shape index (κ2) is 11.8. The number of hydrogen-bond acceptors (Lipinski definition) is 9. The van der Waals surface area contributed by atoms with E-state index in [9.17, 15) is 15.0 Å². The van der Waals surface area contributed by atoms with E-state index in [2.05, 4.69) is 0 Å². The zero-order valence-electron chi connectivity index (χ0n) is 18.5. The van der Waals surface area contributed by atoms with E-state index in [-0.39, 0.29) is 34.0 Å². The van der Waals surface area contributed by atoms with Crippen LogP contribution in [0.1, 0.15) is 13.8 Å². The molecular formula is C22H24O11. The van der Waals surface area contributed by atoms with E-state index >= 15 is 0 Å². The summed E-state index contributed by atoms with van der Waals surface area (Å²) in [5, 5.41) is 34.7. The highest BCUT2D eigenvalue weighted by molar-refractivity contribution is 5.93. The van der Waals surface area contributed by atoms with E-state index in [4.69, 9.17) is 38.4 Å². The van der Waals surface area contributed by atoms with Gasteiger partial charge in [0.1, 0.15) is 16.9 Å². The summed E-state index contributed by atoms with van der Waals surface area (Å²) < 4.78 is 21.2. The molecule has 0 spiro atoms.